The molecule has 0 unspecified atom stereocenters. The van der Waals surface area contributed by atoms with Gasteiger partial charge < -0.3 is 15.4 Å². The summed E-state index contributed by atoms with van der Waals surface area (Å²) in [6, 6.07) is 12.9. The molecule has 2 N–H and O–H groups in total. The average Bonchev–Trinajstić information content (AvgIpc) is 2.64. The van der Waals surface area contributed by atoms with E-state index in [-0.39, 0.29) is 17.2 Å². The van der Waals surface area contributed by atoms with Crippen LogP contribution in [0, 0.1) is 10.1 Å². The molecule has 2 rings (SSSR count). The molecular weight excluding hydrogens is 326 g/mol. The average molecular weight is 343 g/mol. The number of benzene rings is 2. The number of nitrogens with zero attached hydrogens (tertiary/aromatic N) is 1. The van der Waals surface area contributed by atoms with Crippen molar-refractivity contribution in [1.29, 1.82) is 0 Å². The highest BCUT2D eigenvalue weighted by Gasteiger charge is 2.21. The van der Waals surface area contributed by atoms with E-state index in [0.717, 1.165) is 7.11 Å². The van der Waals surface area contributed by atoms with Crippen LogP contribution in [0.2, 0.25) is 0 Å². The zero-order valence-corrected chi connectivity index (χ0v) is 13.5. The number of ether oxygens (including phenoxy) is 1. The lowest BCUT2D eigenvalue weighted by Gasteiger charge is -2.09. The molecule has 1 amide bonds. The normalized spacial score (nSPS) is 9.96. The molecule has 0 saturated carbocycles. The third-order valence-corrected chi connectivity index (χ3v) is 3.37. The van der Waals surface area contributed by atoms with E-state index >= 15 is 0 Å². The van der Waals surface area contributed by atoms with Crippen LogP contribution in [0.25, 0.3) is 0 Å². The molecule has 0 aliphatic rings. The molecule has 25 heavy (non-hydrogen) atoms. The van der Waals surface area contributed by atoms with Gasteiger partial charge in [-0.05, 0) is 24.3 Å². The van der Waals surface area contributed by atoms with Gasteiger partial charge in [0.15, 0.2) is 0 Å². The summed E-state index contributed by atoms with van der Waals surface area (Å²) in [5, 5.41) is 16.7. The van der Waals surface area contributed by atoms with Gasteiger partial charge >= 0.3 is 5.97 Å². The van der Waals surface area contributed by atoms with Crippen molar-refractivity contribution in [1.82, 2.24) is 5.32 Å². The first-order chi connectivity index (χ1) is 12.0. The molecule has 8 heteroatoms. The minimum absolute atomic E-state index is 0.133. The maximum atomic E-state index is 11.9. The highest BCUT2D eigenvalue weighted by Crippen LogP contribution is 2.23. The van der Waals surface area contributed by atoms with E-state index in [1.807, 2.05) is 6.07 Å². The Morgan fingerprint density at radius 3 is 2.48 bits per heavy atom. The summed E-state index contributed by atoms with van der Waals surface area (Å²) < 4.78 is 4.56. The number of hydrogen-bond acceptors (Lipinski definition) is 6. The maximum absolute atomic E-state index is 11.9. The molecule has 130 valence electrons. The van der Waals surface area contributed by atoms with Crippen molar-refractivity contribution in [3.63, 3.8) is 0 Å². The monoisotopic (exact) mass is 343 g/mol. The summed E-state index contributed by atoms with van der Waals surface area (Å²) in [6.07, 6.45) is 0. The molecule has 0 aromatic heterocycles. The molecule has 0 spiro atoms. The molecule has 0 fully saturated rings. The van der Waals surface area contributed by atoms with E-state index in [1.165, 1.54) is 18.2 Å². The molecule has 0 radical (unpaired) electrons. The van der Waals surface area contributed by atoms with Crippen molar-refractivity contribution < 1.29 is 19.2 Å². The summed E-state index contributed by atoms with van der Waals surface area (Å²) in [5.74, 6) is -0.978. The van der Waals surface area contributed by atoms with Crippen molar-refractivity contribution in [2.75, 3.05) is 25.5 Å². The van der Waals surface area contributed by atoms with E-state index in [9.17, 15) is 19.7 Å². The van der Waals surface area contributed by atoms with Gasteiger partial charge in [-0.3, -0.25) is 14.9 Å². The second kappa shape index (κ2) is 8.44. The number of nitro groups is 1. The van der Waals surface area contributed by atoms with Gasteiger partial charge in [0, 0.05) is 30.4 Å². The van der Waals surface area contributed by atoms with E-state index in [1.54, 1.807) is 24.3 Å². The van der Waals surface area contributed by atoms with Gasteiger partial charge in [-0.15, -0.1) is 0 Å². The van der Waals surface area contributed by atoms with Gasteiger partial charge in [-0.1, -0.05) is 18.2 Å². The van der Waals surface area contributed by atoms with Crippen molar-refractivity contribution in [3.8, 4) is 0 Å². The predicted molar refractivity (Wildman–Crippen MR) is 91.7 cm³/mol. The Labute approximate surface area is 144 Å². The lowest BCUT2D eigenvalue weighted by Crippen LogP contribution is -2.28. The Hall–Kier alpha value is -3.42. The first-order valence-corrected chi connectivity index (χ1v) is 7.47. The minimum atomic E-state index is -0.785. The van der Waals surface area contributed by atoms with E-state index in [4.69, 9.17) is 0 Å². The Morgan fingerprint density at radius 2 is 1.84 bits per heavy atom. The fourth-order valence-corrected chi connectivity index (χ4v) is 2.15. The van der Waals surface area contributed by atoms with Gasteiger partial charge in [0.05, 0.1) is 12.0 Å². The van der Waals surface area contributed by atoms with Gasteiger partial charge in [0.25, 0.3) is 11.6 Å². The number of carbonyl (C=O) groups is 2. The third-order valence-electron chi connectivity index (χ3n) is 3.37. The molecule has 0 heterocycles. The van der Waals surface area contributed by atoms with Crippen LogP contribution >= 0.6 is 0 Å². The van der Waals surface area contributed by atoms with Crippen LogP contribution in [0.15, 0.2) is 48.5 Å². The zero-order valence-electron chi connectivity index (χ0n) is 13.5. The molecule has 0 atom stereocenters. The summed E-state index contributed by atoms with van der Waals surface area (Å²) in [7, 11) is 1.16. The number of esters is 1. The van der Waals surface area contributed by atoms with Crippen LogP contribution in [0.4, 0.5) is 11.4 Å². The highest BCUT2D eigenvalue weighted by atomic mass is 16.6. The van der Waals surface area contributed by atoms with E-state index in [2.05, 4.69) is 15.4 Å². The van der Waals surface area contributed by atoms with Crippen LogP contribution in [0.5, 0.6) is 0 Å². The quantitative estimate of drug-likeness (QED) is 0.345. The first-order valence-electron chi connectivity index (χ1n) is 7.47. The Bertz CT molecular complexity index is 777. The second-order valence-electron chi connectivity index (χ2n) is 5.03. The summed E-state index contributed by atoms with van der Waals surface area (Å²) in [5.41, 5.74) is 0.617. The largest absolute Gasteiger partial charge is 0.465 e. The van der Waals surface area contributed by atoms with Gasteiger partial charge in [-0.25, -0.2) is 4.79 Å². The zero-order chi connectivity index (χ0) is 18.2. The molecule has 0 aliphatic carbocycles. The highest BCUT2D eigenvalue weighted by molar-refractivity contribution is 5.95. The molecule has 2 aromatic rings. The second-order valence-corrected chi connectivity index (χ2v) is 5.03. The maximum Gasteiger partial charge on any atom is 0.344 e. The molecular formula is C17H17N3O5. The number of methoxy groups -OCH3 is 1. The SMILES string of the molecule is COC(=O)c1cc(NCCNC(=O)c2ccccc2)ccc1[N+](=O)[O-]. The fraction of sp³-hybridized carbons (Fsp3) is 0.176. The van der Waals surface area contributed by atoms with Crippen molar-refractivity contribution in [3.05, 3.63) is 69.8 Å². The van der Waals surface area contributed by atoms with Crippen LogP contribution in [-0.4, -0.2) is 37.0 Å². The number of nitrogens with one attached hydrogen (secondary N) is 2. The van der Waals surface area contributed by atoms with E-state index < -0.39 is 10.9 Å². The van der Waals surface area contributed by atoms with Crippen LogP contribution < -0.4 is 10.6 Å². The lowest BCUT2D eigenvalue weighted by atomic mass is 10.1. The standard InChI is InChI=1S/C17H17N3O5/c1-25-17(22)14-11-13(7-8-15(14)20(23)24)18-9-10-19-16(21)12-5-3-2-4-6-12/h2-8,11,18H,9-10H2,1H3,(H,19,21). The van der Waals surface area contributed by atoms with E-state index in [0.29, 0.717) is 24.3 Å². The topological polar surface area (TPSA) is 111 Å². The number of hydrogen-bond donors (Lipinski definition) is 2. The summed E-state index contributed by atoms with van der Waals surface area (Å²) >= 11 is 0. The van der Waals surface area contributed by atoms with Crippen LogP contribution in [0.3, 0.4) is 0 Å². The third kappa shape index (κ3) is 4.77. The fourth-order valence-electron chi connectivity index (χ4n) is 2.15. The number of amides is 1. The number of carbonyl (C=O) groups excluding carboxylic acids is 2. The lowest BCUT2D eigenvalue weighted by molar-refractivity contribution is -0.385. The van der Waals surface area contributed by atoms with Gasteiger partial charge in [0.1, 0.15) is 5.56 Å². The Balaban J connectivity index is 1.93. The first kappa shape index (κ1) is 17.9. The molecule has 0 aliphatic heterocycles. The molecule has 0 bridgehead atoms. The number of nitro benzene ring substituents is 1. The Morgan fingerprint density at radius 1 is 1.12 bits per heavy atom. The Kier molecular flexibility index (Phi) is 6.05. The van der Waals surface area contributed by atoms with Crippen molar-refractivity contribution in [2.45, 2.75) is 0 Å². The van der Waals surface area contributed by atoms with Gasteiger partial charge in [0.2, 0.25) is 0 Å². The number of anilines is 1. The number of rotatable bonds is 7. The van der Waals surface area contributed by atoms with Crippen LogP contribution in [0.1, 0.15) is 20.7 Å². The van der Waals surface area contributed by atoms with Crippen LogP contribution in [-0.2, 0) is 4.74 Å². The predicted octanol–water partition coefficient (Wildman–Crippen LogP) is 2.22. The summed E-state index contributed by atoms with van der Waals surface area (Å²) in [4.78, 5) is 33.8. The molecule has 0 saturated heterocycles. The molecule has 8 nitrogen and oxygen atoms in total. The smallest absolute Gasteiger partial charge is 0.344 e. The molecule has 2 aromatic carbocycles. The minimum Gasteiger partial charge on any atom is -0.465 e. The van der Waals surface area contributed by atoms with Crippen molar-refractivity contribution in [2.24, 2.45) is 0 Å². The summed E-state index contributed by atoms with van der Waals surface area (Å²) in [6.45, 7) is 0.731. The van der Waals surface area contributed by atoms with Crippen molar-refractivity contribution >= 4 is 23.3 Å². The van der Waals surface area contributed by atoms with Gasteiger partial charge in [-0.2, -0.15) is 0 Å².